The maximum atomic E-state index is 9.64. The van der Waals surface area contributed by atoms with E-state index in [9.17, 15) is 5.11 Å². The molecule has 4 heteroatoms. The number of hydrogen-bond acceptors (Lipinski definition) is 3. The van der Waals surface area contributed by atoms with Crippen LogP contribution < -0.4 is 5.32 Å². The van der Waals surface area contributed by atoms with Crippen molar-refractivity contribution < 1.29 is 5.11 Å². The molecule has 1 aromatic heterocycles. The van der Waals surface area contributed by atoms with Gasteiger partial charge in [-0.2, -0.15) is 0 Å². The van der Waals surface area contributed by atoms with Crippen LogP contribution in [0.1, 0.15) is 11.1 Å². The molecule has 3 nitrogen and oxygen atoms in total. The number of nitrogens with one attached hydrogen (secondary N) is 1. The zero-order valence-electron chi connectivity index (χ0n) is 9.44. The van der Waals surface area contributed by atoms with E-state index in [1.165, 1.54) is 0 Å². The van der Waals surface area contributed by atoms with E-state index in [0.29, 0.717) is 12.3 Å². The summed E-state index contributed by atoms with van der Waals surface area (Å²) in [5, 5.41) is 12.8. The summed E-state index contributed by atoms with van der Waals surface area (Å²) in [5.74, 6) is 1.08. The Bertz CT molecular complexity index is 529. The van der Waals surface area contributed by atoms with Gasteiger partial charge in [0.1, 0.15) is 11.6 Å². The van der Waals surface area contributed by atoms with Crippen LogP contribution in [0.4, 0.5) is 5.82 Å². The second-order valence-electron chi connectivity index (χ2n) is 3.77. The van der Waals surface area contributed by atoms with E-state index in [0.717, 1.165) is 21.4 Å². The van der Waals surface area contributed by atoms with Crippen LogP contribution in [-0.2, 0) is 6.54 Å². The van der Waals surface area contributed by atoms with Crippen molar-refractivity contribution in [1.82, 2.24) is 4.98 Å². The van der Waals surface area contributed by atoms with Gasteiger partial charge in [0.25, 0.3) is 0 Å². The Hall–Kier alpha value is -1.55. The van der Waals surface area contributed by atoms with E-state index in [-0.39, 0.29) is 0 Å². The third-order valence-electron chi connectivity index (χ3n) is 2.52. The molecular weight excluding hydrogens is 280 g/mol. The highest BCUT2D eigenvalue weighted by molar-refractivity contribution is 9.10. The first kappa shape index (κ1) is 11.9. The van der Waals surface area contributed by atoms with Crippen molar-refractivity contribution in [2.75, 3.05) is 5.32 Å². The average Bonchev–Trinajstić information content (AvgIpc) is 2.33. The number of para-hydroxylation sites is 1. The van der Waals surface area contributed by atoms with E-state index in [1.807, 2.05) is 25.1 Å². The van der Waals surface area contributed by atoms with Crippen molar-refractivity contribution >= 4 is 21.7 Å². The maximum Gasteiger partial charge on any atom is 0.140 e. The Morgan fingerprint density at radius 3 is 2.82 bits per heavy atom. The van der Waals surface area contributed by atoms with E-state index in [4.69, 9.17) is 0 Å². The normalized spacial score (nSPS) is 10.2. The molecule has 88 valence electrons. The molecule has 17 heavy (non-hydrogen) atoms. The topological polar surface area (TPSA) is 45.2 Å². The molecule has 0 fully saturated rings. The van der Waals surface area contributed by atoms with Crippen molar-refractivity contribution in [3.63, 3.8) is 0 Å². The molecule has 2 N–H and O–H groups in total. The molecule has 0 aliphatic rings. The quantitative estimate of drug-likeness (QED) is 0.910. The molecular formula is C13H13BrN2O. The van der Waals surface area contributed by atoms with E-state index in [1.54, 1.807) is 18.3 Å². The monoisotopic (exact) mass is 292 g/mol. The van der Waals surface area contributed by atoms with Crippen LogP contribution in [0.2, 0.25) is 0 Å². The molecule has 0 saturated carbocycles. The van der Waals surface area contributed by atoms with Crippen LogP contribution in [0.15, 0.2) is 41.0 Å². The molecule has 0 spiro atoms. The van der Waals surface area contributed by atoms with Crippen LogP contribution in [0.5, 0.6) is 5.75 Å². The number of anilines is 1. The van der Waals surface area contributed by atoms with Gasteiger partial charge in [-0.25, -0.2) is 4.98 Å². The molecule has 0 saturated heterocycles. The number of aromatic hydroxyl groups is 1. The predicted molar refractivity (Wildman–Crippen MR) is 72.1 cm³/mol. The molecule has 2 aromatic rings. The first-order valence-electron chi connectivity index (χ1n) is 5.30. The second kappa shape index (κ2) is 5.19. The molecule has 2 rings (SSSR count). The molecule has 0 unspecified atom stereocenters. The minimum atomic E-state index is 0.295. The molecule has 0 amide bonds. The fraction of sp³-hybridized carbons (Fsp3) is 0.154. The predicted octanol–water partition coefficient (Wildman–Crippen LogP) is 3.47. The Labute approximate surface area is 109 Å². The van der Waals surface area contributed by atoms with Gasteiger partial charge in [-0.05, 0) is 40.5 Å². The molecule has 1 aromatic carbocycles. The first-order valence-corrected chi connectivity index (χ1v) is 6.09. The van der Waals surface area contributed by atoms with Crippen molar-refractivity contribution in [3.8, 4) is 5.75 Å². The average molecular weight is 293 g/mol. The first-order chi connectivity index (χ1) is 8.18. The number of phenolic OH excluding ortho intramolecular Hbond substituents is 1. The van der Waals surface area contributed by atoms with Crippen molar-refractivity contribution in [2.24, 2.45) is 0 Å². The van der Waals surface area contributed by atoms with Crippen LogP contribution in [0.25, 0.3) is 0 Å². The minimum Gasteiger partial charge on any atom is -0.508 e. The largest absolute Gasteiger partial charge is 0.508 e. The maximum absolute atomic E-state index is 9.64. The highest BCUT2D eigenvalue weighted by atomic mass is 79.9. The van der Waals surface area contributed by atoms with Gasteiger partial charge in [-0.15, -0.1) is 0 Å². The SMILES string of the molecule is Cc1ccnc(NCc2ccccc2O)c1Br. The highest BCUT2D eigenvalue weighted by Gasteiger charge is 2.04. The summed E-state index contributed by atoms with van der Waals surface area (Å²) in [4.78, 5) is 4.24. The number of rotatable bonds is 3. The van der Waals surface area contributed by atoms with Crippen molar-refractivity contribution in [3.05, 3.63) is 52.1 Å². The Balaban J connectivity index is 2.13. The van der Waals surface area contributed by atoms with Gasteiger partial charge in [0.15, 0.2) is 0 Å². The lowest BCUT2D eigenvalue weighted by Gasteiger charge is -2.09. The van der Waals surface area contributed by atoms with Gasteiger partial charge in [0.05, 0.1) is 4.47 Å². The van der Waals surface area contributed by atoms with Crippen LogP contribution in [-0.4, -0.2) is 10.1 Å². The van der Waals surface area contributed by atoms with Gasteiger partial charge < -0.3 is 10.4 Å². The lowest BCUT2D eigenvalue weighted by Crippen LogP contribution is -2.02. The van der Waals surface area contributed by atoms with Crippen LogP contribution in [0.3, 0.4) is 0 Å². The van der Waals surface area contributed by atoms with Crippen molar-refractivity contribution in [2.45, 2.75) is 13.5 Å². The van der Waals surface area contributed by atoms with Crippen LogP contribution in [0, 0.1) is 6.92 Å². The zero-order chi connectivity index (χ0) is 12.3. The number of aromatic nitrogens is 1. The molecule has 0 bridgehead atoms. The lowest BCUT2D eigenvalue weighted by atomic mass is 10.2. The summed E-state index contributed by atoms with van der Waals surface area (Å²) in [7, 11) is 0. The fourth-order valence-electron chi connectivity index (χ4n) is 1.50. The van der Waals surface area contributed by atoms with Gasteiger partial charge in [-0.1, -0.05) is 18.2 Å². The smallest absolute Gasteiger partial charge is 0.140 e. The number of halogens is 1. The number of benzene rings is 1. The fourth-order valence-corrected chi connectivity index (χ4v) is 1.88. The number of hydrogen-bond donors (Lipinski definition) is 2. The summed E-state index contributed by atoms with van der Waals surface area (Å²) in [6.07, 6.45) is 1.76. The van der Waals surface area contributed by atoms with Crippen LogP contribution >= 0.6 is 15.9 Å². The van der Waals surface area contributed by atoms with Crippen molar-refractivity contribution in [1.29, 1.82) is 0 Å². The summed E-state index contributed by atoms with van der Waals surface area (Å²) < 4.78 is 0.954. The molecule has 0 aliphatic heterocycles. The highest BCUT2D eigenvalue weighted by Crippen LogP contribution is 2.24. The summed E-state index contributed by atoms with van der Waals surface area (Å²) in [5.41, 5.74) is 1.97. The summed E-state index contributed by atoms with van der Waals surface area (Å²) >= 11 is 3.48. The number of phenols is 1. The van der Waals surface area contributed by atoms with Gasteiger partial charge in [0, 0.05) is 18.3 Å². The molecule has 0 aliphatic carbocycles. The third-order valence-corrected chi connectivity index (χ3v) is 3.52. The summed E-state index contributed by atoms with van der Waals surface area (Å²) in [6.45, 7) is 2.55. The van der Waals surface area contributed by atoms with Gasteiger partial charge >= 0.3 is 0 Å². The Morgan fingerprint density at radius 1 is 1.29 bits per heavy atom. The van der Waals surface area contributed by atoms with Gasteiger partial charge in [-0.3, -0.25) is 0 Å². The Kier molecular flexibility index (Phi) is 3.64. The second-order valence-corrected chi connectivity index (χ2v) is 4.57. The van der Waals surface area contributed by atoms with E-state index in [2.05, 4.69) is 26.2 Å². The zero-order valence-corrected chi connectivity index (χ0v) is 11.0. The number of aryl methyl sites for hydroxylation is 1. The molecule has 0 atom stereocenters. The third kappa shape index (κ3) is 2.77. The number of nitrogens with zero attached hydrogens (tertiary/aromatic N) is 1. The Morgan fingerprint density at radius 2 is 2.06 bits per heavy atom. The standard InChI is InChI=1S/C13H13BrN2O/c1-9-6-7-15-13(12(9)14)16-8-10-4-2-3-5-11(10)17/h2-7,17H,8H2,1H3,(H,15,16). The summed E-state index contributed by atoms with van der Waals surface area (Å²) in [6, 6.07) is 9.20. The number of pyridine rings is 1. The molecule has 1 heterocycles. The van der Waals surface area contributed by atoms with Gasteiger partial charge in [0.2, 0.25) is 0 Å². The van der Waals surface area contributed by atoms with E-state index < -0.39 is 0 Å². The van der Waals surface area contributed by atoms with E-state index >= 15 is 0 Å². The minimum absolute atomic E-state index is 0.295. The lowest BCUT2D eigenvalue weighted by molar-refractivity contribution is 0.469. The molecule has 0 radical (unpaired) electrons.